The molecule has 2 aliphatic rings. The number of anilines is 1. The van der Waals surface area contributed by atoms with Gasteiger partial charge >= 0.3 is 0 Å². The Kier molecular flexibility index (Phi) is 4.92. The Morgan fingerprint density at radius 3 is 2.76 bits per heavy atom. The van der Waals surface area contributed by atoms with E-state index in [0.29, 0.717) is 23.2 Å². The summed E-state index contributed by atoms with van der Waals surface area (Å²) >= 11 is 0. The lowest BCUT2D eigenvalue weighted by molar-refractivity contribution is -0.136. The average Bonchev–Trinajstić information content (AvgIpc) is 3.04. The number of hydrogen-bond donors (Lipinski definition) is 2. The van der Waals surface area contributed by atoms with Crippen molar-refractivity contribution in [2.24, 2.45) is 0 Å². The van der Waals surface area contributed by atoms with Crippen LogP contribution in [0.1, 0.15) is 34.3 Å². The molecule has 0 aliphatic carbocycles. The van der Waals surface area contributed by atoms with Crippen LogP contribution in [0.25, 0.3) is 0 Å². The standard InChI is InChI=1S/C21H20FN3O4/c1-29-17-7-2-4-12(19(17)22)10-23-15-6-3-5-13-14(15)11-25(21(13)28)16-8-9-18(26)24-20(16)27/h2-7,16,23H,8-11H2,1H3,(H,24,26,27)/t16-/m1/s1. The van der Waals surface area contributed by atoms with Crippen LogP contribution < -0.4 is 15.4 Å². The van der Waals surface area contributed by atoms with Gasteiger partial charge in [-0.25, -0.2) is 4.39 Å². The highest BCUT2D eigenvalue weighted by molar-refractivity contribution is 6.06. The average molecular weight is 397 g/mol. The van der Waals surface area contributed by atoms with Crippen molar-refractivity contribution < 1.29 is 23.5 Å². The molecule has 8 heteroatoms. The number of carbonyl (C=O) groups is 3. The molecule has 1 saturated heterocycles. The molecule has 7 nitrogen and oxygen atoms in total. The summed E-state index contributed by atoms with van der Waals surface area (Å²) in [6, 6.07) is 9.53. The molecule has 0 spiro atoms. The third-order valence-corrected chi connectivity index (χ3v) is 5.31. The van der Waals surface area contributed by atoms with Gasteiger partial charge in [-0.2, -0.15) is 0 Å². The Morgan fingerprint density at radius 2 is 2.00 bits per heavy atom. The third kappa shape index (κ3) is 3.41. The highest BCUT2D eigenvalue weighted by Crippen LogP contribution is 2.32. The van der Waals surface area contributed by atoms with E-state index < -0.39 is 17.8 Å². The minimum Gasteiger partial charge on any atom is -0.494 e. The zero-order valence-electron chi connectivity index (χ0n) is 15.8. The normalized spacial score (nSPS) is 18.5. The number of hydrogen-bond acceptors (Lipinski definition) is 5. The van der Waals surface area contributed by atoms with Crippen LogP contribution in [0, 0.1) is 5.82 Å². The molecule has 0 unspecified atom stereocenters. The molecule has 0 radical (unpaired) electrons. The fraction of sp³-hybridized carbons (Fsp3) is 0.286. The molecule has 4 rings (SSSR count). The summed E-state index contributed by atoms with van der Waals surface area (Å²) in [5, 5.41) is 5.48. The van der Waals surface area contributed by atoms with Gasteiger partial charge in [-0.3, -0.25) is 19.7 Å². The summed E-state index contributed by atoms with van der Waals surface area (Å²) in [5.74, 6) is -1.28. The zero-order valence-corrected chi connectivity index (χ0v) is 15.8. The van der Waals surface area contributed by atoms with Crippen LogP contribution in [0.4, 0.5) is 10.1 Å². The van der Waals surface area contributed by atoms with E-state index in [1.807, 2.05) is 6.07 Å². The quantitative estimate of drug-likeness (QED) is 0.756. The fourth-order valence-electron chi connectivity index (χ4n) is 3.79. The highest BCUT2D eigenvalue weighted by Gasteiger charge is 2.39. The number of carbonyl (C=O) groups excluding carboxylic acids is 3. The minimum absolute atomic E-state index is 0.168. The number of fused-ring (bicyclic) bond motifs is 1. The molecule has 29 heavy (non-hydrogen) atoms. The van der Waals surface area contributed by atoms with Crippen molar-refractivity contribution in [1.29, 1.82) is 0 Å². The van der Waals surface area contributed by atoms with Crippen LogP contribution in [0.2, 0.25) is 0 Å². The Balaban J connectivity index is 1.54. The number of rotatable bonds is 5. The molecule has 2 aliphatic heterocycles. The van der Waals surface area contributed by atoms with Gasteiger partial charge in [0.05, 0.1) is 7.11 Å². The predicted molar refractivity (Wildman–Crippen MR) is 103 cm³/mol. The van der Waals surface area contributed by atoms with Gasteiger partial charge in [0.2, 0.25) is 11.8 Å². The summed E-state index contributed by atoms with van der Waals surface area (Å²) in [6.07, 6.45) is 0.513. The Morgan fingerprint density at radius 1 is 1.21 bits per heavy atom. The van der Waals surface area contributed by atoms with E-state index in [2.05, 4.69) is 10.6 Å². The van der Waals surface area contributed by atoms with Gasteiger partial charge < -0.3 is 15.0 Å². The first-order valence-corrected chi connectivity index (χ1v) is 9.31. The zero-order chi connectivity index (χ0) is 20.5. The Bertz CT molecular complexity index is 1010. The van der Waals surface area contributed by atoms with Gasteiger partial charge in [0.25, 0.3) is 5.91 Å². The molecule has 0 saturated carbocycles. The lowest BCUT2D eigenvalue weighted by atomic mass is 10.0. The highest BCUT2D eigenvalue weighted by atomic mass is 19.1. The number of imide groups is 1. The number of piperidine rings is 1. The second-order valence-corrected chi connectivity index (χ2v) is 7.02. The number of benzene rings is 2. The number of amides is 3. The van der Waals surface area contributed by atoms with Gasteiger partial charge in [0.15, 0.2) is 11.6 Å². The molecule has 3 amide bonds. The van der Waals surface area contributed by atoms with Crippen molar-refractivity contribution in [3.05, 3.63) is 58.9 Å². The first-order chi connectivity index (χ1) is 14.0. The van der Waals surface area contributed by atoms with Crippen molar-refractivity contribution in [1.82, 2.24) is 10.2 Å². The van der Waals surface area contributed by atoms with E-state index >= 15 is 0 Å². The van der Waals surface area contributed by atoms with Crippen molar-refractivity contribution in [2.75, 3.05) is 12.4 Å². The van der Waals surface area contributed by atoms with Crippen molar-refractivity contribution in [3.8, 4) is 5.75 Å². The summed E-state index contributed by atoms with van der Waals surface area (Å²) < 4.78 is 19.4. The summed E-state index contributed by atoms with van der Waals surface area (Å²) in [4.78, 5) is 37.9. The molecule has 0 bridgehead atoms. The maximum Gasteiger partial charge on any atom is 0.255 e. The molecule has 0 aromatic heterocycles. The first-order valence-electron chi connectivity index (χ1n) is 9.31. The Labute approximate surface area is 166 Å². The molecule has 2 heterocycles. The van der Waals surface area contributed by atoms with Gasteiger partial charge in [0, 0.05) is 41.9 Å². The SMILES string of the molecule is COc1cccc(CNc2cccc3c2CN([C@@H]2CCC(=O)NC2=O)C3=O)c1F. The van der Waals surface area contributed by atoms with E-state index in [4.69, 9.17) is 4.74 Å². The summed E-state index contributed by atoms with van der Waals surface area (Å²) in [6.45, 7) is 0.469. The van der Waals surface area contributed by atoms with Crippen molar-refractivity contribution >= 4 is 23.4 Å². The van der Waals surface area contributed by atoms with Crippen LogP contribution in [-0.2, 0) is 22.7 Å². The van der Waals surface area contributed by atoms with Gasteiger partial charge in [-0.1, -0.05) is 18.2 Å². The van der Waals surface area contributed by atoms with Gasteiger partial charge in [-0.05, 0) is 24.6 Å². The van der Waals surface area contributed by atoms with E-state index in [-0.39, 0.29) is 37.1 Å². The molecule has 2 aromatic carbocycles. The van der Waals surface area contributed by atoms with Crippen molar-refractivity contribution in [3.63, 3.8) is 0 Å². The van der Waals surface area contributed by atoms with Crippen LogP contribution in [0.15, 0.2) is 36.4 Å². The van der Waals surface area contributed by atoms with E-state index in [1.165, 1.54) is 12.0 Å². The molecular formula is C21H20FN3O4. The molecule has 1 atom stereocenters. The largest absolute Gasteiger partial charge is 0.494 e. The smallest absolute Gasteiger partial charge is 0.255 e. The lowest BCUT2D eigenvalue weighted by Gasteiger charge is -2.29. The molecular weight excluding hydrogens is 377 g/mol. The molecule has 150 valence electrons. The molecule has 2 N–H and O–H groups in total. The fourth-order valence-corrected chi connectivity index (χ4v) is 3.79. The predicted octanol–water partition coefficient (Wildman–Crippen LogP) is 2.21. The molecule has 2 aromatic rings. The maximum absolute atomic E-state index is 14.4. The van der Waals surface area contributed by atoms with Crippen LogP contribution >= 0.6 is 0 Å². The van der Waals surface area contributed by atoms with E-state index in [9.17, 15) is 18.8 Å². The van der Waals surface area contributed by atoms with Crippen LogP contribution in [0.5, 0.6) is 5.75 Å². The van der Waals surface area contributed by atoms with Gasteiger partial charge in [0.1, 0.15) is 6.04 Å². The third-order valence-electron chi connectivity index (χ3n) is 5.31. The first kappa shape index (κ1) is 18.9. The number of ether oxygens (including phenoxy) is 1. The van der Waals surface area contributed by atoms with Gasteiger partial charge in [-0.15, -0.1) is 0 Å². The molecule has 1 fully saturated rings. The van der Waals surface area contributed by atoms with E-state index in [0.717, 1.165) is 5.56 Å². The minimum atomic E-state index is -0.670. The maximum atomic E-state index is 14.4. The van der Waals surface area contributed by atoms with E-state index in [1.54, 1.807) is 30.3 Å². The van der Waals surface area contributed by atoms with Crippen LogP contribution in [-0.4, -0.2) is 35.8 Å². The number of methoxy groups -OCH3 is 1. The Hall–Kier alpha value is -3.42. The number of nitrogens with zero attached hydrogens (tertiary/aromatic N) is 1. The number of nitrogens with one attached hydrogen (secondary N) is 2. The number of halogens is 1. The monoisotopic (exact) mass is 397 g/mol. The van der Waals surface area contributed by atoms with Crippen molar-refractivity contribution in [2.45, 2.75) is 32.0 Å². The summed E-state index contributed by atoms with van der Waals surface area (Å²) in [7, 11) is 1.41. The summed E-state index contributed by atoms with van der Waals surface area (Å²) in [5.41, 5.74) is 2.40. The van der Waals surface area contributed by atoms with Crippen LogP contribution in [0.3, 0.4) is 0 Å². The lowest BCUT2D eigenvalue weighted by Crippen LogP contribution is -2.52. The second-order valence-electron chi connectivity index (χ2n) is 7.02. The topological polar surface area (TPSA) is 87.7 Å². The second kappa shape index (κ2) is 7.54.